The van der Waals surface area contributed by atoms with E-state index in [1.165, 1.54) is 17.5 Å². The molecule has 2 saturated carbocycles. The number of aryl methyl sites for hydroxylation is 1. The van der Waals surface area contributed by atoms with E-state index in [0.717, 1.165) is 43.5 Å². The summed E-state index contributed by atoms with van der Waals surface area (Å²) in [7, 11) is 5.42. The molecule has 3 aliphatic carbocycles. The van der Waals surface area contributed by atoms with Crippen LogP contribution in [0.5, 0.6) is 5.75 Å². The second kappa shape index (κ2) is 6.36. The molecule has 0 radical (unpaired) electrons. The maximum absolute atomic E-state index is 12.5. The number of methoxy groups -OCH3 is 1. The van der Waals surface area contributed by atoms with Gasteiger partial charge >= 0.3 is 0 Å². The van der Waals surface area contributed by atoms with E-state index < -0.39 is 0 Å². The Morgan fingerprint density at radius 1 is 1.19 bits per heavy atom. The third-order valence-corrected chi connectivity index (χ3v) is 7.06. The lowest BCUT2D eigenvalue weighted by Gasteiger charge is -2.48. The van der Waals surface area contributed by atoms with Crippen molar-refractivity contribution >= 4 is 11.5 Å². The Balaban J connectivity index is 1.71. The number of hydrogen-bond donors (Lipinski definition) is 0. The normalized spacial score (nSPS) is 32.9. The zero-order valence-electron chi connectivity index (χ0n) is 16.3. The van der Waals surface area contributed by atoms with Crippen LogP contribution >= 0.6 is 0 Å². The molecule has 26 heavy (non-hydrogen) atoms. The van der Waals surface area contributed by atoms with Crippen molar-refractivity contribution in [1.29, 1.82) is 0 Å². The fraction of sp³-hybridized carbons (Fsp3) is 0.667. The lowest BCUT2D eigenvalue weighted by Crippen LogP contribution is -2.42. The molecule has 4 unspecified atom stereocenters. The van der Waals surface area contributed by atoms with Gasteiger partial charge in [-0.2, -0.15) is 0 Å². The maximum atomic E-state index is 12.5. The molecule has 5 heteroatoms. The van der Waals surface area contributed by atoms with Gasteiger partial charge in [0.05, 0.1) is 7.11 Å². The van der Waals surface area contributed by atoms with Gasteiger partial charge in [-0.3, -0.25) is 9.80 Å². The number of Topliss-reactive ketones (excluding diaryl/α,β-unsaturated/α-hetero) is 1. The Hall–Kier alpha value is -1.91. The van der Waals surface area contributed by atoms with E-state index in [4.69, 9.17) is 4.74 Å². The van der Waals surface area contributed by atoms with Crippen molar-refractivity contribution in [2.24, 2.45) is 27.6 Å². The van der Waals surface area contributed by atoms with E-state index in [-0.39, 0.29) is 5.41 Å². The molecular formula is C21H29N3O2. The van der Waals surface area contributed by atoms with Crippen LogP contribution in [0, 0.1) is 17.3 Å². The zero-order valence-corrected chi connectivity index (χ0v) is 16.3. The molecule has 0 N–H and O–H groups in total. The molecule has 0 aliphatic heterocycles. The van der Waals surface area contributed by atoms with Gasteiger partial charge in [-0.15, -0.1) is 5.11 Å². The van der Waals surface area contributed by atoms with Crippen LogP contribution in [0.15, 0.2) is 22.5 Å². The van der Waals surface area contributed by atoms with Gasteiger partial charge < -0.3 is 4.74 Å². The molecular weight excluding hydrogens is 326 g/mol. The van der Waals surface area contributed by atoms with E-state index in [0.29, 0.717) is 23.5 Å². The van der Waals surface area contributed by atoms with E-state index in [1.54, 1.807) is 12.1 Å². The molecule has 2 fully saturated rings. The predicted octanol–water partition coefficient (Wildman–Crippen LogP) is 4.68. The summed E-state index contributed by atoms with van der Waals surface area (Å²) in [6, 6.07) is 4.35. The van der Waals surface area contributed by atoms with Crippen LogP contribution in [0.2, 0.25) is 0 Å². The molecule has 0 spiro atoms. The Morgan fingerprint density at radius 2 is 2.00 bits per heavy atom. The van der Waals surface area contributed by atoms with Crippen LogP contribution in [0.4, 0.5) is 5.69 Å². The van der Waals surface area contributed by atoms with Crippen LogP contribution in [0.1, 0.15) is 56.1 Å². The standard InChI is InChI=1S/C21H29N3O2/c1-21-10-9-14-15(17(21)7-8-20(21)25)6-5-13-11-19(26-4)18(12-16(13)14)22-23-24(2)3/h11-12,14-15,17H,5-10H2,1-4H3/b23-22+. The molecule has 0 aromatic heterocycles. The minimum Gasteiger partial charge on any atom is -0.494 e. The molecule has 5 nitrogen and oxygen atoms in total. The average molecular weight is 355 g/mol. The Kier molecular flexibility index (Phi) is 4.28. The fourth-order valence-corrected chi connectivity index (χ4v) is 5.74. The lowest BCUT2D eigenvalue weighted by molar-refractivity contribution is -0.129. The van der Waals surface area contributed by atoms with Crippen molar-refractivity contribution in [2.75, 3.05) is 21.2 Å². The highest BCUT2D eigenvalue weighted by Crippen LogP contribution is 2.60. The number of nitrogens with zero attached hydrogens (tertiary/aromatic N) is 3. The van der Waals surface area contributed by atoms with E-state index in [9.17, 15) is 4.79 Å². The summed E-state index contributed by atoms with van der Waals surface area (Å²) in [5.41, 5.74) is 3.53. The monoisotopic (exact) mass is 355 g/mol. The first kappa shape index (κ1) is 17.5. The van der Waals surface area contributed by atoms with Crippen molar-refractivity contribution < 1.29 is 9.53 Å². The topological polar surface area (TPSA) is 54.3 Å². The molecule has 0 saturated heterocycles. The summed E-state index contributed by atoms with van der Waals surface area (Å²) in [6.45, 7) is 2.23. The second-order valence-electron chi connectivity index (χ2n) is 8.59. The first-order valence-corrected chi connectivity index (χ1v) is 9.77. The summed E-state index contributed by atoms with van der Waals surface area (Å²) in [5, 5.41) is 10.2. The second-order valence-corrected chi connectivity index (χ2v) is 8.59. The van der Waals surface area contributed by atoms with Crippen LogP contribution in [0.25, 0.3) is 0 Å². The van der Waals surface area contributed by atoms with Gasteiger partial charge in [0, 0.05) is 25.9 Å². The Labute approximate surface area is 155 Å². The summed E-state index contributed by atoms with van der Waals surface area (Å²) in [6.07, 6.45) is 6.24. The molecule has 3 aliphatic rings. The summed E-state index contributed by atoms with van der Waals surface area (Å²) >= 11 is 0. The highest BCUT2D eigenvalue weighted by molar-refractivity contribution is 5.87. The van der Waals surface area contributed by atoms with Crippen LogP contribution < -0.4 is 4.74 Å². The van der Waals surface area contributed by atoms with Crippen LogP contribution in [-0.2, 0) is 11.2 Å². The smallest absolute Gasteiger partial charge is 0.146 e. The number of ether oxygens (including phenoxy) is 1. The average Bonchev–Trinajstić information content (AvgIpc) is 2.94. The summed E-state index contributed by atoms with van der Waals surface area (Å²) in [5.74, 6) is 3.02. The highest BCUT2D eigenvalue weighted by Gasteiger charge is 2.54. The zero-order chi connectivity index (χ0) is 18.5. The molecule has 0 amide bonds. The van der Waals surface area contributed by atoms with Crippen LogP contribution in [-0.4, -0.2) is 32.0 Å². The van der Waals surface area contributed by atoms with Crippen molar-refractivity contribution in [3.63, 3.8) is 0 Å². The first-order valence-electron chi connectivity index (χ1n) is 9.77. The first-order chi connectivity index (χ1) is 12.4. The molecule has 4 atom stereocenters. The quantitative estimate of drug-likeness (QED) is 0.584. The largest absolute Gasteiger partial charge is 0.494 e. The number of hydrogen-bond acceptors (Lipinski definition) is 4. The third-order valence-electron chi connectivity index (χ3n) is 7.06. The van der Waals surface area contributed by atoms with Gasteiger partial charge in [0.25, 0.3) is 0 Å². The van der Waals surface area contributed by atoms with Gasteiger partial charge in [-0.05, 0) is 73.1 Å². The highest BCUT2D eigenvalue weighted by atomic mass is 16.5. The van der Waals surface area contributed by atoms with Crippen molar-refractivity contribution in [3.05, 3.63) is 23.3 Å². The van der Waals surface area contributed by atoms with Crippen molar-refractivity contribution in [2.45, 2.75) is 51.4 Å². The van der Waals surface area contributed by atoms with E-state index >= 15 is 0 Å². The summed E-state index contributed by atoms with van der Waals surface area (Å²) < 4.78 is 5.56. The third kappa shape index (κ3) is 2.63. The fourth-order valence-electron chi connectivity index (χ4n) is 5.74. The number of rotatable bonds is 3. The molecule has 140 valence electrons. The summed E-state index contributed by atoms with van der Waals surface area (Å²) in [4.78, 5) is 12.5. The Morgan fingerprint density at radius 3 is 2.73 bits per heavy atom. The predicted molar refractivity (Wildman–Crippen MR) is 101 cm³/mol. The van der Waals surface area contributed by atoms with Crippen molar-refractivity contribution in [3.8, 4) is 5.75 Å². The van der Waals surface area contributed by atoms with Crippen molar-refractivity contribution in [1.82, 2.24) is 5.01 Å². The molecule has 0 bridgehead atoms. The minimum absolute atomic E-state index is 0.0708. The number of benzene rings is 1. The van der Waals surface area contributed by atoms with Gasteiger partial charge in [-0.1, -0.05) is 12.1 Å². The van der Waals surface area contributed by atoms with E-state index in [1.807, 2.05) is 14.1 Å². The molecule has 1 aromatic carbocycles. The number of ketones is 1. The maximum Gasteiger partial charge on any atom is 0.146 e. The van der Waals surface area contributed by atoms with Gasteiger partial charge in [0.1, 0.15) is 17.2 Å². The molecule has 4 rings (SSSR count). The van der Waals surface area contributed by atoms with Gasteiger partial charge in [0.15, 0.2) is 0 Å². The number of carbonyl (C=O) groups excluding carboxylic acids is 1. The Bertz CT molecular complexity index is 758. The number of fused-ring (bicyclic) bond motifs is 5. The van der Waals surface area contributed by atoms with Gasteiger partial charge in [0.2, 0.25) is 0 Å². The van der Waals surface area contributed by atoms with Gasteiger partial charge in [-0.25, -0.2) is 0 Å². The molecule has 1 aromatic rings. The van der Waals surface area contributed by atoms with E-state index in [2.05, 4.69) is 29.4 Å². The SMILES string of the molecule is COc1cc2c(cc1/N=N/N(C)C)C1CCC3(C)C(=O)CCC3C1CC2. The number of carbonyl (C=O) groups is 1. The molecule has 0 heterocycles. The minimum atomic E-state index is -0.0708. The van der Waals surface area contributed by atoms with Crippen LogP contribution in [0.3, 0.4) is 0 Å². The lowest BCUT2D eigenvalue weighted by atomic mass is 9.55.